The predicted octanol–water partition coefficient (Wildman–Crippen LogP) is 3.12. The largest absolute Gasteiger partial charge is 0.330 e. The molecule has 1 aromatic heterocycles. The van der Waals surface area contributed by atoms with Gasteiger partial charge in [0.15, 0.2) is 0 Å². The fraction of sp³-hybridized carbons (Fsp3) is 0.167. The van der Waals surface area contributed by atoms with Crippen LogP contribution in [0.15, 0.2) is 60.9 Å². The number of hydrogen-bond donors (Lipinski definition) is 1. The Morgan fingerprint density at radius 2 is 1.55 bits per heavy atom. The van der Waals surface area contributed by atoms with Gasteiger partial charge in [-0.2, -0.15) is 0 Å². The minimum absolute atomic E-state index is 0.216. The van der Waals surface area contributed by atoms with E-state index in [0.717, 1.165) is 23.5 Å². The summed E-state index contributed by atoms with van der Waals surface area (Å²) >= 11 is 0. The van der Waals surface area contributed by atoms with Crippen LogP contribution in [-0.4, -0.2) is 9.55 Å². The molecular weight excluding hydrogens is 277 g/mol. The molecule has 4 heteroatoms. The van der Waals surface area contributed by atoms with Gasteiger partial charge >= 0.3 is 0 Å². The summed E-state index contributed by atoms with van der Waals surface area (Å²) < 4.78 is 15.1. The van der Waals surface area contributed by atoms with Crippen molar-refractivity contribution in [2.45, 2.75) is 19.5 Å². The maximum atomic E-state index is 13.0. The first-order valence-electron chi connectivity index (χ1n) is 7.27. The van der Waals surface area contributed by atoms with Gasteiger partial charge in [0, 0.05) is 31.9 Å². The van der Waals surface area contributed by atoms with Crippen LogP contribution in [0.5, 0.6) is 0 Å². The molecule has 0 fully saturated rings. The summed E-state index contributed by atoms with van der Waals surface area (Å²) in [5.41, 5.74) is 8.99. The van der Waals surface area contributed by atoms with Gasteiger partial charge in [-0.1, -0.05) is 36.4 Å². The lowest BCUT2D eigenvalue weighted by Gasteiger charge is -2.09. The summed E-state index contributed by atoms with van der Waals surface area (Å²) in [5, 5.41) is 0. The van der Waals surface area contributed by atoms with Crippen molar-refractivity contribution in [1.82, 2.24) is 9.55 Å². The topological polar surface area (TPSA) is 43.8 Å². The van der Waals surface area contributed by atoms with Gasteiger partial charge < -0.3 is 10.3 Å². The summed E-state index contributed by atoms with van der Waals surface area (Å²) in [4.78, 5) is 4.41. The summed E-state index contributed by atoms with van der Waals surface area (Å²) in [7, 11) is 0. The first-order valence-corrected chi connectivity index (χ1v) is 7.27. The summed E-state index contributed by atoms with van der Waals surface area (Å²) in [5.74, 6) is 0.751. The Kier molecular flexibility index (Phi) is 4.30. The molecular formula is C18H18FN3. The van der Waals surface area contributed by atoms with E-state index >= 15 is 0 Å². The van der Waals surface area contributed by atoms with E-state index in [0.29, 0.717) is 13.0 Å². The molecule has 0 bridgehead atoms. The fourth-order valence-corrected chi connectivity index (χ4v) is 2.41. The molecule has 3 rings (SSSR count). The van der Waals surface area contributed by atoms with Crippen LogP contribution in [0.2, 0.25) is 0 Å². The zero-order valence-electron chi connectivity index (χ0n) is 12.2. The molecule has 112 valence electrons. The van der Waals surface area contributed by atoms with Crippen molar-refractivity contribution in [2.24, 2.45) is 5.73 Å². The molecule has 2 aromatic carbocycles. The third-order valence-corrected chi connectivity index (χ3v) is 3.69. The molecule has 0 aliphatic rings. The van der Waals surface area contributed by atoms with Crippen molar-refractivity contribution in [3.8, 4) is 0 Å². The molecule has 0 amide bonds. The van der Waals surface area contributed by atoms with Crippen LogP contribution in [0.3, 0.4) is 0 Å². The van der Waals surface area contributed by atoms with Crippen LogP contribution in [0, 0.1) is 5.82 Å². The van der Waals surface area contributed by atoms with Crippen molar-refractivity contribution >= 4 is 0 Å². The number of rotatable bonds is 5. The van der Waals surface area contributed by atoms with Gasteiger partial charge in [0.05, 0.1) is 0 Å². The van der Waals surface area contributed by atoms with Crippen LogP contribution in [-0.2, 0) is 19.5 Å². The average molecular weight is 295 g/mol. The number of nitrogens with two attached hydrogens (primary N) is 1. The summed E-state index contributed by atoms with van der Waals surface area (Å²) in [6.07, 6.45) is 4.46. The van der Waals surface area contributed by atoms with Crippen molar-refractivity contribution in [3.63, 3.8) is 0 Å². The second-order valence-electron chi connectivity index (χ2n) is 5.30. The highest BCUT2D eigenvalue weighted by atomic mass is 19.1. The second kappa shape index (κ2) is 6.54. The Morgan fingerprint density at radius 1 is 0.909 bits per heavy atom. The number of halogens is 1. The Bertz CT molecular complexity index is 730. The second-order valence-corrected chi connectivity index (χ2v) is 5.30. The van der Waals surface area contributed by atoms with Crippen molar-refractivity contribution < 1.29 is 4.39 Å². The minimum Gasteiger partial charge on any atom is -0.330 e. The minimum atomic E-state index is -0.216. The lowest BCUT2D eigenvalue weighted by molar-refractivity contribution is 0.627. The Hall–Kier alpha value is -2.46. The Balaban J connectivity index is 1.75. The molecule has 0 saturated heterocycles. The molecule has 0 aliphatic carbocycles. The molecule has 0 saturated carbocycles. The highest BCUT2D eigenvalue weighted by molar-refractivity contribution is 5.24. The molecule has 0 atom stereocenters. The van der Waals surface area contributed by atoms with E-state index in [1.807, 2.05) is 18.3 Å². The molecule has 22 heavy (non-hydrogen) atoms. The quantitative estimate of drug-likeness (QED) is 0.786. The van der Waals surface area contributed by atoms with Crippen LogP contribution >= 0.6 is 0 Å². The van der Waals surface area contributed by atoms with Gasteiger partial charge in [-0.3, -0.25) is 0 Å². The van der Waals surface area contributed by atoms with Crippen molar-refractivity contribution in [1.29, 1.82) is 0 Å². The monoisotopic (exact) mass is 295 g/mol. The van der Waals surface area contributed by atoms with Gasteiger partial charge in [0.1, 0.15) is 11.6 Å². The first kappa shape index (κ1) is 14.5. The Morgan fingerprint density at radius 3 is 2.23 bits per heavy atom. The molecule has 2 N–H and O–H groups in total. The van der Waals surface area contributed by atoms with Crippen LogP contribution < -0.4 is 5.73 Å². The van der Waals surface area contributed by atoms with E-state index in [-0.39, 0.29) is 5.82 Å². The van der Waals surface area contributed by atoms with Crippen LogP contribution in [0.4, 0.5) is 4.39 Å². The van der Waals surface area contributed by atoms with Crippen LogP contribution in [0.25, 0.3) is 0 Å². The molecule has 0 unspecified atom stereocenters. The van der Waals surface area contributed by atoms with Gasteiger partial charge in [-0.25, -0.2) is 9.37 Å². The zero-order chi connectivity index (χ0) is 15.4. The van der Waals surface area contributed by atoms with E-state index in [1.165, 1.54) is 17.7 Å². The molecule has 3 nitrogen and oxygen atoms in total. The SMILES string of the molecule is NCc1ccc(Cn2ccnc2Cc2ccc(F)cc2)cc1. The number of nitrogens with zero attached hydrogens (tertiary/aromatic N) is 2. The molecule has 0 aliphatic heterocycles. The van der Waals surface area contributed by atoms with Gasteiger partial charge in [-0.05, 0) is 28.8 Å². The zero-order valence-corrected chi connectivity index (χ0v) is 12.2. The summed E-state index contributed by atoms with van der Waals surface area (Å²) in [6, 6.07) is 14.8. The smallest absolute Gasteiger partial charge is 0.123 e. The highest BCUT2D eigenvalue weighted by Crippen LogP contribution is 2.12. The lowest BCUT2D eigenvalue weighted by atomic mass is 10.1. The predicted molar refractivity (Wildman–Crippen MR) is 84.9 cm³/mol. The van der Waals surface area contributed by atoms with Gasteiger partial charge in [0.25, 0.3) is 0 Å². The maximum absolute atomic E-state index is 13.0. The van der Waals surface area contributed by atoms with Gasteiger partial charge in [0.2, 0.25) is 0 Å². The Labute approximate surface area is 129 Å². The maximum Gasteiger partial charge on any atom is 0.123 e. The van der Waals surface area contributed by atoms with E-state index in [1.54, 1.807) is 18.3 Å². The number of aromatic nitrogens is 2. The normalized spacial score (nSPS) is 10.8. The van der Waals surface area contributed by atoms with E-state index in [4.69, 9.17) is 5.73 Å². The van der Waals surface area contributed by atoms with Crippen molar-refractivity contribution in [2.75, 3.05) is 0 Å². The van der Waals surface area contributed by atoms with E-state index in [9.17, 15) is 4.39 Å². The first-order chi connectivity index (χ1) is 10.7. The summed E-state index contributed by atoms with van der Waals surface area (Å²) in [6.45, 7) is 1.32. The van der Waals surface area contributed by atoms with E-state index in [2.05, 4.69) is 21.7 Å². The van der Waals surface area contributed by atoms with E-state index < -0.39 is 0 Å². The number of hydrogen-bond acceptors (Lipinski definition) is 2. The van der Waals surface area contributed by atoms with Crippen LogP contribution in [0.1, 0.15) is 22.5 Å². The molecule has 0 radical (unpaired) electrons. The lowest BCUT2D eigenvalue weighted by Crippen LogP contribution is -2.05. The van der Waals surface area contributed by atoms with Crippen molar-refractivity contribution in [3.05, 3.63) is 89.3 Å². The third kappa shape index (κ3) is 3.40. The number of benzene rings is 2. The number of imidazole rings is 1. The molecule has 0 spiro atoms. The standard InChI is InChI=1S/C18H18FN3/c19-17-7-5-14(6-8-17)11-18-21-9-10-22(18)13-16-3-1-15(12-20)2-4-16/h1-10H,11-13,20H2. The third-order valence-electron chi connectivity index (χ3n) is 3.69. The van der Waals surface area contributed by atoms with Gasteiger partial charge in [-0.15, -0.1) is 0 Å². The highest BCUT2D eigenvalue weighted by Gasteiger charge is 2.05. The fourth-order valence-electron chi connectivity index (χ4n) is 2.41. The molecule has 1 heterocycles. The average Bonchev–Trinajstić information content (AvgIpc) is 2.97. The molecule has 3 aromatic rings.